The number of aliphatic imine (C=N–C) groups is 1. The van der Waals surface area contributed by atoms with Gasteiger partial charge >= 0.3 is 0 Å². The largest absolute Gasteiger partial charge is 0.453 e. The fraction of sp³-hybridized carbons (Fsp3) is 0.429. The van der Waals surface area contributed by atoms with Crippen LogP contribution in [0.1, 0.15) is 31.7 Å². The number of nitrogens with zero attached hydrogens (tertiary/aromatic N) is 2. The van der Waals surface area contributed by atoms with Crippen molar-refractivity contribution in [2.45, 2.75) is 32.7 Å². The second kappa shape index (κ2) is 15.0. The van der Waals surface area contributed by atoms with E-state index in [-0.39, 0.29) is 29.7 Å². The molecular weight excluding hydrogens is 486 g/mol. The van der Waals surface area contributed by atoms with Gasteiger partial charge in [-0.05, 0) is 42.7 Å². The first-order valence-electron chi connectivity index (χ1n) is 9.61. The van der Waals surface area contributed by atoms with Crippen LogP contribution in [-0.2, 0) is 11.3 Å². The monoisotopic (exact) mass is 516 g/mol. The molecule has 29 heavy (non-hydrogen) atoms. The molecule has 0 atom stereocenters. The van der Waals surface area contributed by atoms with Crippen LogP contribution in [0.5, 0.6) is 11.5 Å². The first-order chi connectivity index (χ1) is 13.7. The second-order valence-corrected chi connectivity index (χ2v) is 6.23. The number of benzene rings is 1. The van der Waals surface area contributed by atoms with Crippen molar-refractivity contribution in [2.24, 2.45) is 4.99 Å². The molecule has 6 nitrogen and oxygen atoms in total. The molecule has 0 bridgehead atoms. The molecule has 0 unspecified atom stereocenters. The minimum atomic E-state index is -0.421. The van der Waals surface area contributed by atoms with Crippen molar-refractivity contribution in [3.63, 3.8) is 0 Å². The van der Waals surface area contributed by atoms with Crippen LogP contribution in [0.15, 0.2) is 47.7 Å². The molecule has 0 aliphatic carbocycles. The quantitative estimate of drug-likeness (QED) is 0.199. The van der Waals surface area contributed by atoms with E-state index in [0.717, 1.165) is 44.6 Å². The molecule has 1 heterocycles. The molecular formula is C21H30FIN4O2. The first kappa shape index (κ1) is 25.1. The molecule has 0 amide bonds. The van der Waals surface area contributed by atoms with E-state index < -0.39 is 5.82 Å². The van der Waals surface area contributed by atoms with Crippen molar-refractivity contribution < 1.29 is 13.9 Å². The third-order valence-corrected chi connectivity index (χ3v) is 3.94. The summed E-state index contributed by atoms with van der Waals surface area (Å²) in [7, 11) is 1.71. The Morgan fingerprint density at radius 3 is 2.69 bits per heavy atom. The number of halogens is 2. The van der Waals surface area contributed by atoms with Crippen molar-refractivity contribution >= 4 is 29.9 Å². The molecule has 0 saturated heterocycles. The van der Waals surface area contributed by atoms with Crippen LogP contribution in [0.3, 0.4) is 0 Å². The van der Waals surface area contributed by atoms with Crippen molar-refractivity contribution in [2.75, 3.05) is 26.8 Å². The molecule has 0 spiro atoms. The van der Waals surface area contributed by atoms with Crippen LogP contribution >= 0.6 is 24.0 Å². The number of hydrogen-bond donors (Lipinski definition) is 2. The van der Waals surface area contributed by atoms with Crippen molar-refractivity contribution in [3.8, 4) is 11.5 Å². The molecule has 1 aromatic carbocycles. The maximum absolute atomic E-state index is 14.3. The number of rotatable bonds is 11. The molecule has 2 rings (SSSR count). The number of pyridine rings is 1. The van der Waals surface area contributed by atoms with E-state index in [1.165, 1.54) is 6.07 Å². The van der Waals surface area contributed by atoms with E-state index in [4.69, 9.17) is 9.47 Å². The van der Waals surface area contributed by atoms with Gasteiger partial charge in [0.1, 0.15) is 5.75 Å². The van der Waals surface area contributed by atoms with Gasteiger partial charge in [-0.3, -0.25) is 9.98 Å². The highest BCUT2D eigenvalue weighted by Gasteiger charge is 2.07. The fourth-order valence-electron chi connectivity index (χ4n) is 2.41. The molecule has 0 aliphatic heterocycles. The summed E-state index contributed by atoms with van der Waals surface area (Å²) in [6, 6.07) is 8.35. The van der Waals surface area contributed by atoms with Crippen molar-refractivity contribution in [3.05, 3.63) is 54.1 Å². The zero-order valence-electron chi connectivity index (χ0n) is 17.0. The van der Waals surface area contributed by atoms with Gasteiger partial charge in [-0.25, -0.2) is 4.39 Å². The maximum Gasteiger partial charge on any atom is 0.191 e. The lowest BCUT2D eigenvalue weighted by Crippen LogP contribution is -2.37. The molecule has 0 fully saturated rings. The highest BCUT2D eigenvalue weighted by atomic mass is 127. The van der Waals surface area contributed by atoms with Gasteiger partial charge in [0, 0.05) is 39.5 Å². The number of ether oxygens (including phenoxy) is 2. The van der Waals surface area contributed by atoms with Crippen LogP contribution in [-0.4, -0.2) is 37.7 Å². The predicted molar refractivity (Wildman–Crippen MR) is 125 cm³/mol. The minimum absolute atomic E-state index is 0. The lowest BCUT2D eigenvalue weighted by molar-refractivity contribution is 0.129. The van der Waals surface area contributed by atoms with Gasteiger partial charge in [0.05, 0.1) is 6.20 Å². The lowest BCUT2D eigenvalue weighted by Gasteiger charge is -2.13. The zero-order valence-corrected chi connectivity index (χ0v) is 19.3. The standard InChI is InChI=1S/C21H29FN4O2.HI/c1-3-4-12-27-13-6-11-25-21(23-2)26-15-17-8-9-20(19(22)14-17)28-18-7-5-10-24-16-18;/h5,7-10,14,16H,3-4,6,11-13,15H2,1-2H3,(H2,23,25,26);1H. The lowest BCUT2D eigenvalue weighted by atomic mass is 10.2. The Morgan fingerprint density at radius 1 is 1.17 bits per heavy atom. The summed E-state index contributed by atoms with van der Waals surface area (Å²) in [5.74, 6) is 0.915. The zero-order chi connectivity index (χ0) is 20.0. The van der Waals surface area contributed by atoms with Crippen molar-refractivity contribution in [1.29, 1.82) is 0 Å². The third kappa shape index (κ3) is 9.89. The molecule has 2 aromatic rings. The average molecular weight is 516 g/mol. The van der Waals surface area contributed by atoms with E-state index in [1.807, 2.05) is 6.07 Å². The average Bonchev–Trinajstić information content (AvgIpc) is 2.72. The van der Waals surface area contributed by atoms with Gasteiger partial charge in [0.2, 0.25) is 0 Å². The minimum Gasteiger partial charge on any atom is -0.453 e. The van der Waals surface area contributed by atoms with E-state index in [1.54, 1.807) is 37.6 Å². The highest BCUT2D eigenvalue weighted by molar-refractivity contribution is 14.0. The van der Waals surface area contributed by atoms with Gasteiger partial charge in [0.25, 0.3) is 0 Å². The van der Waals surface area contributed by atoms with Gasteiger partial charge < -0.3 is 20.1 Å². The smallest absolute Gasteiger partial charge is 0.191 e. The highest BCUT2D eigenvalue weighted by Crippen LogP contribution is 2.24. The third-order valence-electron chi connectivity index (χ3n) is 3.94. The van der Waals surface area contributed by atoms with Crippen LogP contribution in [0.4, 0.5) is 4.39 Å². The number of hydrogen-bond acceptors (Lipinski definition) is 4. The number of aromatic nitrogens is 1. The summed E-state index contributed by atoms with van der Waals surface area (Å²) in [5.41, 5.74) is 0.793. The Hall–Kier alpha value is -1.94. The summed E-state index contributed by atoms with van der Waals surface area (Å²) in [5, 5.41) is 6.40. The second-order valence-electron chi connectivity index (χ2n) is 6.23. The van der Waals surface area contributed by atoms with Gasteiger partial charge in [0.15, 0.2) is 17.5 Å². The molecule has 2 N–H and O–H groups in total. The fourth-order valence-corrected chi connectivity index (χ4v) is 2.41. The summed E-state index contributed by atoms with van der Waals surface area (Å²) < 4.78 is 25.3. The van der Waals surface area contributed by atoms with Gasteiger partial charge in [-0.15, -0.1) is 24.0 Å². The molecule has 0 radical (unpaired) electrons. The van der Waals surface area contributed by atoms with Gasteiger partial charge in [-0.2, -0.15) is 0 Å². The maximum atomic E-state index is 14.3. The molecule has 8 heteroatoms. The Labute approximate surface area is 189 Å². The Bertz CT molecular complexity index is 732. The molecule has 1 aromatic heterocycles. The first-order valence-corrected chi connectivity index (χ1v) is 9.61. The molecule has 0 aliphatic rings. The molecule has 0 saturated carbocycles. The van der Waals surface area contributed by atoms with Crippen LogP contribution < -0.4 is 15.4 Å². The summed E-state index contributed by atoms with van der Waals surface area (Å²) in [4.78, 5) is 8.12. The van der Waals surface area contributed by atoms with Crippen molar-refractivity contribution in [1.82, 2.24) is 15.6 Å². The van der Waals surface area contributed by atoms with Gasteiger partial charge in [-0.1, -0.05) is 19.4 Å². The number of unbranched alkanes of at least 4 members (excludes halogenated alkanes) is 1. The van der Waals surface area contributed by atoms with E-state index in [2.05, 4.69) is 27.5 Å². The Morgan fingerprint density at radius 2 is 2.00 bits per heavy atom. The Kier molecular flexibility index (Phi) is 13.0. The number of guanidine groups is 1. The van der Waals surface area contributed by atoms with E-state index in [9.17, 15) is 4.39 Å². The Balaban J connectivity index is 0.00000420. The summed E-state index contributed by atoms with van der Waals surface area (Å²) >= 11 is 0. The van der Waals surface area contributed by atoms with Crippen LogP contribution in [0.25, 0.3) is 0 Å². The normalized spacial score (nSPS) is 10.9. The topological polar surface area (TPSA) is 67.8 Å². The number of nitrogens with one attached hydrogen (secondary N) is 2. The summed E-state index contributed by atoms with van der Waals surface area (Å²) in [6.45, 7) is 4.91. The summed E-state index contributed by atoms with van der Waals surface area (Å²) in [6.07, 6.45) is 6.32. The van der Waals surface area contributed by atoms with Crippen LogP contribution in [0, 0.1) is 5.82 Å². The van der Waals surface area contributed by atoms with E-state index in [0.29, 0.717) is 18.3 Å². The predicted octanol–water partition coefficient (Wildman–Crippen LogP) is 4.50. The van der Waals surface area contributed by atoms with E-state index >= 15 is 0 Å². The molecule has 160 valence electrons. The SMILES string of the molecule is CCCCOCCCNC(=NC)NCc1ccc(Oc2cccnc2)c(F)c1.I. The van der Waals surface area contributed by atoms with Crippen LogP contribution in [0.2, 0.25) is 0 Å².